The fraction of sp³-hybridized carbons (Fsp3) is 0.500. The highest BCUT2D eigenvalue weighted by molar-refractivity contribution is 5.75. The minimum atomic E-state index is 0.246. The van der Waals surface area contributed by atoms with Gasteiger partial charge in [-0.05, 0) is 55.5 Å². The number of likely N-dealkylation sites (tertiary alicyclic amines) is 1. The summed E-state index contributed by atoms with van der Waals surface area (Å²) in [7, 11) is 1.90. The minimum absolute atomic E-state index is 0.246. The zero-order valence-electron chi connectivity index (χ0n) is 16.3. The summed E-state index contributed by atoms with van der Waals surface area (Å²) in [5.74, 6) is 0.860. The third-order valence-electron chi connectivity index (χ3n) is 5.35. The lowest BCUT2D eigenvalue weighted by atomic mass is 9.93. The molecule has 27 heavy (non-hydrogen) atoms. The van der Waals surface area contributed by atoms with Gasteiger partial charge in [-0.3, -0.25) is 19.7 Å². The highest BCUT2D eigenvalue weighted by Crippen LogP contribution is 2.22. The lowest BCUT2D eigenvalue weighted by molar-refractivity contribution is -0.130. The average molecular weight is 367 g/mol. The van der Waals surface area contributed by atoms with Crippen LogP contribution in [0.5, 0.6) is 0 Å². The first-order valence-corrected chi connectivity index (χ1v) is 9.96. The summed E-state index contributed by atoms with van der Waals surface area (Å²) in [5, 5.41) is 0. The summed E-state index contributed by atoms with van der Waals surface area (Å²) < 4.78 is 0. The van der Waals surface area contributed by atoms with Crippen molar-refractivity contribution in [1.29, 1.82) is 0 Å². The fourth-order valence-corrected chi connectivity index (χ4v) is 3.75. The van der Waals surface area contributed by atoms with E-state index < -0.39 is 0 Å². The van der Waals surface area contributed by atoms with Crippen LogP contribution < -0.4 is 0 Å². The van der Waals surface area contributed by atoms with Gasteiger partial charge in [-0.25, -0.2) is 0 Å². The second-order valence-electron chi connectivity index (χ2n) is 7.53. The Hall–Kier alpha value is -2.27. The highest BCUT2D eigenvalue weighted by atomic mass is 16.2. The van der Waals surface area contributed by atoms with Crippen LogP contribution in [0.15, 0.2) is 48.9 Å². The third kappa shape index (κ3) is 6.43. The molecule has 0 N–H and O–H groups in total. The molecule has 1 fully saturated rings. The molecule has 1 amide bonds. The molecule has 0 bridgehead atoms. The van der Waals surface area contributed by atoms with Gasteiger partial charge in [-0.15, -0.1) is 0 Å². The summed E-state index contributed by atoms with van der Waals surface area (Å²) in [6, 6.07) is 10.1. The number of pyridine rings is 2. The maximum absolute atomic E-state index is 12.5. The molecule has 0 aliphatic carbocycles. The predicted octanol–water partition coefficient (Wildman–Crippen LogP) is 3.17. The van der Waals surface area contributed by atoms with Gasteiger partial charge in [0.1, 0.15) is 0 Å². The van der Waals surface area contributed by atoms with Crippen LogP contribution in [0.25, 0.3) is 0 Å². The zero-order valence-corrected chi connectivity index (χ0v) is 16.3. The van der Waals surface area contributed by atoms with Crippen molar-refractivity contribution in [2.45, 2.75) is 38.6 Å². The number of hydrogen-bond donors (Lipinski definition) is 0. The maximum atomic E-state index is 12.5. The van der Waals surface area contributed by atoms with E-state index in [1.54, 1.807) is 6.20 Å². The van der Waals surface area contributed by atoms with Crippen LogP contribution in [0.1, 0.15) is 36.9 Å². The Morgan fingerprint density at radius 3 is 2.96 bits per heavy atom. The minimum Gasteiger partial charge on any atom is -0.345 e. The van der Waals surface area contributed by atoms with Crippen LogP contribution in [-0.4, -0.2) is 52.4 Å². The molecule has 1 saturated heterocycles. The Balaban J connectivity index is 1.38. The van der Waals surface area contributed by atoms with Crippen molar-refractivity contribution in [2.24, 2.45) is 5.92 Å². The van der Waals surface area contributed by atoms with Gasteiger partial charge in [0.15, 0.2) is 0 Å². The van der Waals surface area contributed by atoms with Gasteiger partial charge in [0.25, 0.3) is 0 Å². The van der Waals surface area contributed by atoms with E-state index in [9.17, 15) is 4.79 Å². The molecule has 2 aromatic rings. The van der Waals surface area contributed by atoms with Gasteiger partial charge >= 0.3 is 0 Å². The van der Waals surface area contributed by atoms with Crippen LogP contribution in [0.3, 0.4) is 0 Å². The van der Waals surface area contributed by atoms with Crippen molar-refractivity contribution in [2.75, 3.05) is 26.7 Å². The quantitative estimate of drug-likeness (QED) is 0.720. The molecule has 0 saturated carbocycles. The van der Waals surface area contributed by atoms with Gasteiger partial charge in [-0.1, -0.05) is 12.1 Å². The molecule has 0 radical (unpaired) electrons. The standard InChI is InChI=1S/C22H30N4O/c1-25(15-11-21-8-2-3-13-24-21)22(27)10-9-19-7-5-14-26(17-19)18-20-6-4-12-23-16-20/h2-4,6,8,12-13,16,19H,5,7,9-11,14-15,17-18H2,1H3/t19-/m0/s1. The number of likely N-dealkylation sites (N-methyl/N-ethyl adjacent to an activating group) is 1. The number of hydrogen-bond acceptors (Lipinski definition) is 4. The van der Waals surface area contributed by atoms with Crippen molar-refractivity contribution in [1.82, 2.24) is 19.8 Å². The molecule has 3 heterocycles. The largest absolute Gasteiger partial charge is 0.345 e. The molecule has 0 aromatic carbocycles. The molecule has 1 aliphatic heterocycles. The van der Waals surface area contributed by atoms with Crippen LogP contribution in [0.4, 0.5) is 0 Å². The van der Waals surface area contributed by atoms with Crippen molar-refractivity contribution in [3.8, 4) is 0 Å². The number of carbonyl (C=O) groups is 1. The number of aromatic nitrogens is 2. The molecule has 1 atom stereocenters. The van der Waals surface area contributed by atoms with Gasteiger partial charge in [0, 0.05) is 63.8 Å². The SMILES string of the molecule is CN(CCc1ccccn1)C(=O)CC[C@@H]1CCCN(Cc2cccnc2)C1. The smallest absolute Gasteiger partial charge is 0.222 e. The van der Waals surface area contributed by atoms with Crippen molar-refractivity contribution in [3.05, 3.63) is 60.2 Å². The zero-order chi connectivity index (χ0) is 18.9. The molecule has 5 heteroatoms. The van der Waals surface area contributed by atoms with Gasteiger partial charge < -0.3 is 4.90 Å². The molecule has 0 spiro atoms. The molecule has 1 aliphatic rings. The second-order valence-corrected chi connectivity index (χ2v) is 7.53. The summed E-state index contributed by atoms with van der Waals surface area (Å²) in [6.07, 6.45) is 10.5. The molecule has 3 rings (SSSR count). The van der Waals surface area contributed by atoms with Crippen LogP contribution in [0.2, 0.25) is 0 Å². The van der Waals surface area contributed by atoms with E-state index in [1.165, 1.54) is 18.4 Å². The summed E-state index contributed by atoms with van der Waals surface area (Å²) in [4.78, 5) is 25.3. The first kappa shape index (κ1) is 19.5. The number of amides is 1. The third-order valence-corrected chi connectivity index (χ3v) is 5.35. The van der Waals surface area contributed by atoms with E-state index in [-0.39, 0.29) is 5.91 Å². The summed E-state index contributed by atoms with van der Waals surface area (Å²) in [6.45, 7) is 3.92. The second kappa shape index (κ2) is 10.2. The summed E-state index contributed by atoms with van der Waals surface area (Å²) >= 11 is 0. The maximum Gasteiger partial charge on any atom is 0.222 e. The lowest BCUT2D eigenvalue weighted by Crippen LogP contribution is -2.36. The van der Waals surface area contributed by atoms with E-state index in [4.69, 9.17) is 0 Å². The van der Waals surface area contributed by atoms with Crippen LogP contribution >= 0.6 is 0 Å². The number of piperidine rings is 1. The Bertz CT molecular complexity index is 692. The highest BCUT2D eigenvalue weighted by Gasteiger charge is 2.21. The number of rotatable bonds is 8. The predicted molar refractivity (Wildman–Crippen MR) is 107 cm³/mol. The Morgan fingerprint density at radius 1 is 1.26 bits per heavy atom. The van der Waals surface area contributed by atoms with Gasteiger partial charge in [0.2, 0.25) is 5.91 Å². The first-order valence-electron chi connectivity index (χ1n) is 9.96. The van der Waals surface area contributed by atoms with E-state index in [0.717, 1.165) is 44.7 Å². The number of carbonyl (C=O) groups excluding carboxylic acids is 1. The van der Waals surface area contributed by atoms with E-state index >= 15 is 0 Å². The molecule has 0 unspecified atom stereocenters. The average Bonchev–Trinajstić information content (AvgIpc) is 2.72. The Labute approximate surface area is 162 Å². The molecular formula is C22H30N4O. The molecule has 5 nitrogen and oxygen atoms in total. The summed E-state index contributed by atoms with van der Waals surface area (Å²) in [5.41, 5.74) is 2.30. The number of nitrogens with zero attached hydrogens (tertiary/aromatic N) is 4. The Morgan fingerprint density at radius 2 is 2.19 bits per heavy atom. The van der Waals surface area contributed by atoms with Crippen LogP contribution in [0, 0.1) is 5.92 Å². The molecule has 144 valence electrons. The first-order chi connectivity index (χ1) is 13.2. The van der Waals surface area contributed by atoms with Crippen molar-refractivity contribution >= 4 is 5.91 Å². The van der Waals surface area contributed by atoms with E-state index in [1.807, 2.05) is 48.6 Å². The monoisotopic (exact) mass is 366 g/mol. The van der Waals surface area contributed by atoms with E-state index in [2.05, 4.69) is 20.9 Å². The van der Waals surface area contributed by atoms with E-state index in [0.29, 0.717) is 12.3 Å². The topological polar surface area (TPSA) is 49.3 Å². The molecule has 2 aromatic heterocycles. The fourth-order valence-electron chi connectivity index (χ4n) is 3.75. The lowest BCUT2D eigenvalue weighted by Gasteiger charge is -2.33. The van der Waals surface area contributed by atoms with Crippen molar-refractivity contribution < 1.29 is 4.79 Å². The van der Waals surface area contributed by atoms with Crippen molar-refractivity contribution in [3.63, 3.8) is 0 Å². The normalized spacial score (nSPS) is 17.6. The van der Waals surface area contributed by atoms with Gasteiger partial charge in [-0.2, -0.15) is 0 Å². The molecular weight excluding hydrogens is 336 g/mol. The van der Waals surface area contributed by atoms with Gasteiger partial charge in [0.05, 0.1) is 0 Å². The van der Waals surface area contributed by atoms with Crippen LogP contribution in [-0.2, 0) is 17.8 Å². The Kier molecular flexibility index (Phi) is 7.34.